The second-order valence-corrected chi connectivity index (χ2v) is 13.1. The highest BCUT2D eigenvalue weighted by Gasteiger charge is 2.35. The molecule has 0 saturated carbocycles. The molecule has 0 aliphatic carbocycles. The molecular formula is C22H28ClF2N5O8P2. The minimum Gasteiger partial charge on any atom is -0.385 e. The Bertz CT molecular complexity index is 1450. The number of hydrogen-bond acceptors (Lipinski definition) is 9. The largest absolute Gasteiger partial charge is 0.385 e. The van der Waals surface area contributed by atoms with Crippen LogP contribution in [0.1, 0.15) is 38.1 Å². The molecule has 0 amide bonds. The molecule has 0 fully saturated rings. The molecule has 5 atom stereocenters. The average Bonchev–Trinajstić information content (AvgIpc) is 3.28. The van der Waals surface area contributed by atoms with Crippen molar-refractivity contribution in [3.05, 3.63) is 58.8 Å². The lowest BCUT2D eigenvalue weighted by molar-refractivity contribution is -0.0413. The zero-order valence-corrected chi connectivity index (χ0v) is 23.7. The number of aliphatic hydroxyl groups is 2. The van der Waals surface area contributed by atoms with Crippen LogP contribution in [0.3, 0.4) is 0 Å². The van der Waals surface area contributed by atoms with Crippen LogP contribution in [0.5, 0.6) is 0 Å². The summed E-state index contributed by atoms with van der Waals surface area (Å²) in [7, 11) is -9.69. The van der Waals surface area contributed by atoms with Crippen LogP contribution < -0.4 is 5.32 Å². The summed E-state index contributed by atoms with van der Waals surface area (Å²) in [5.41, 5.74) is 0.373. The number of aliphatic hydroxyl groups excluding tert-OH is 2. The maximum absolute atomic E-state index is 15.4. The molecule has 3 aromatic rings. The second kappa shape index (κ2) is 13.1. The minimum absolute atomic E-state index is 0.0880. The number of anilines is 1. The normalized spacial score (nSPS) is 17.3. The van der Waals surface area contributed by atoms with Crippen LogP contribution >= 0.6 is 26.8 Å². The molecule has 1 aromatic carbocycles. The SMILES string of the molecule is CC/C=C(/COP(=O)(O)CP(=O)(O)O)[C@@H](O)[C@H](F)[C@@H](O)n1ncc2c(N[C@@H](C)c3ccc(F)cc3)nc(Cl)nc21. The van der Waals surface area contributed by atoms with Crippen molar-refractivity contribution >= 4 is 43.6 Å². The van der Waals surface area contributed by atoms with E-state index in [1.807, 2.05) is 0 Å². The fourth-order valence-corrected chi connectivity index (χ4v) is 6.43. The maximum Gasteiger partial charge on any atom is 0.340 e. The van der Waals surface area contributed by atoms with E-state index in [2.05, 4.69) is 20.4 Å². The molecular weight excluding hydrogens is 598 g/mol. The van der Waals surface area contributed by atoms with Crippen LogP contribution in [0, 0.1) is 5.82 Å². The number of nitrogens with one attached hydrogen (secondary N) is 1. The zero-order chi connectivity index (χ0) is 29.8. The van der Waals surface area contributed by atoms with Crippen molar-refractivity contribution in [2.24, 2.45) is 0 Å². The Morgan fingerprint density at radius 1 is 1.20 bits per heavy atom. The molecule has 0 spiro atoms. The van der Waals surface area contributed by atoms with Crippen LogP contribution in [0.25, 0.3) is 11.0 Å². The number of rotatable bonds is 13. The summed E-state index contributed by atoms with van der Waals surface area (Å²) in [5.74, 6) is -1.69. The molecule has 220 valence electrons. The van der Waals surface area contributed by atoms with E-state index in [9.17, 15) is 28.6 Å². The number of aromatic nitrogens is 4. The van der Waals surface area contributed by atoms with Crippen molar-refractivity contribution in [1.82, 2.24) is 19.7 Å². The van der Waals surface area contributed by atoms with Gasteiger partial charge in [-0.2, -0.15) is 15.1 Å². The van der Waals surface area contributed by atoms with E-state index in [1.165, 1.54) is 24.4 Å². The van der Waals surface area contributed by atoms with Gasteiger partial charge < -0.3 is 34.7 Å². The third kappa shape index (κ3) is 8.35. The van der Waals surface area contributed by atoms with E-state index < -0.39 is 52.0 Å². The predicted octanol–water partition coefficient (Wildman–Crippen LogP) is 3.66. The van der Waals surface area contributed by atoms with E-state index in [-0.39, 0.29) is 40.2 Å². The molecule has 0 bridgehead atoms. The third-order valence-corrected chi connectivity index (χ3v) is 9.23. The highest BCUT2D eigenvalue weighted by molar-refractivity contribution is 7.70. The smallest absolute Gasteiger partial charge is 0.340 e. The Hall–Kier alpha value is -2.32. The van der Waals surface area contributed by atoms with Crippen molar-refractivity contribution < 1.29 is 47.3 Å². The molecule has 0 saturated heterocycles. The Kier molecular flexibility index (Phi) is 10.6. The minimum atomic E-state index is -4.90. The standard InChI is InChI=1S/C22H28ClF2N5O8P2/c1-3-4-14(10-38-40(36,37)11-39(33,34)35)18(31)17(25)21(32)30-20-16(9-26-30)19(28-22(23)29-20)27-12(2)13-5-7-15(24)8-6-13/h4-9,12,17-18,21,31-32H,3,10-11H2,1-2H3,(H,36,37)(H,27,28,29)(H2,33,34,35)/b14-4-/t12-,17-,18+,21+/m0/s1. The monoisotopic (exact) mass is 625 g/mol. The summed E-state index contributed by atoms with van der Waals surface area (Å²) >= 11 is 6.06. The second-order valence-electron chi connectivity index (χ2n) is 8.79. The van der Waals surface area contributed by atoms with Crippen LogP contribution in [0.15, 0.2) is 42.1 Å². The van der Waals surface area contributed by atoms with Gasteiger partial charge in [-0.3, -0.25) is 9.13 Å². The zero-order valence-electron chi connectivity index (χ0n) is 21.2. The molecule has 0 aliphatic heterocycles. The van der Waals surface area contributed by atoms with Crippen LogP contribution in [-0.4, -0.2) is 69.4 Å². The molecule has 2 aromatic heterocycles. The van der Waals surface area contributed by atoms with Gasteiger partial charge in [0.15, 0.2) is 23.9 Å². The van der Waals surface area contributed by atoms with E-state index in [1.54, 1.807) is 26.0 Å². The Labute approximate surface area is 232 Å². The van der Waals surface area contributed by atoms with Gasteiger partial charge in [-0.25, -0.2) is 13.5 Å². The number of alkyl halides is 1. The molecule has 2 heterocycles. The first-order valence-corrected chi connectivity index (χ1v) is 15.7. The van der Waals surface area contributed by atoms with Gasteiger partial charge in [0.25, 0.3) is 0 Å². The van der Waals surface area contributed by atoms with Crippen molar-refractivity contribution in [3.8, 4) is 0 Å². The first kappa shape index (κ1) is 32.2. The molecule has 18 heteroatoms. The summed E-state index contributed by atoms with van der Waals surface area (Å²) in [6.07, 6.45) is -3.92. The number of hydrogen-bond donors (Lipinski definition) is 6. The average molecular weight is 626 g/mol. The Balaban J connectivity index is 1.83. The van der Waals surface area contributed by atoms with Crippen LogP contribution in [0.4, 0.5) is 14.6 Å². The van der Waals surface area contributed by atoms with Gasteiger partial charge in [0, 0.05) is 6.04 Å². The van der Waals surface area contributed by atoms with Gasteiger partial charge in [0.2, 0.25) is 5.28 Å². The van der Waals surface area contributed by atoms with Crippen molar-refractivity contribution in [1.29, 1.82) is 0 Å². The van der Waals surface area contributed by atoms with Crippen molar-refractivity contribution in [3.63, 3.8) is 0 Å². The first-order chi connectivity index (χ1) is 18.6. The van der Waals surface area contributed by atoms with E-state index in [0.717, 1.165) is 4.68 Å². The molecule has 1 unspecified atom stereocenters. The lowest BCUT2D eigenvalue weighted by Crippen LogP contribution is -2.35. The number of nitrogens with zero attached hydrogens (tertiary/aromatic N) is 4. The van der Waals surface area contributed by atoms with Crippen molar-refractivity contribution in [2.75, 3.05) is 17.8 Å². The first-order valence-electron chi connectivity index (χ1n) is 11.7. The third-order valence-electron chi connectivity index (χ3n) is 5.63. The van der Waals surface area contributed by atoms with E-state index >= 15 is 4.39 Å². The summed E-state index contributed by atoms with van der Waals surface area (Å²) in [4.78, 5) is 35.7. The van der Waals surface area contributed by atoms with E-state index in [4.69, 9.17) is 25.9 Å². The van der Waals surface area contributed by atoms with Gasteiger partial charge in [0.1, 0.15) is 17.7 Å². The number of benzene rings is 1. The summed E-state index contributed by atoms with van der Waals surface area (Å²) in [6, 6.07) is 5.35. The molecule has 0 radical (unpaired) electrons. The molecule has 40 heavy (non-hydrogen) atoms. The summed E-state index contributed by atoms with van der Waals surface area (Å²) in [6.45, 7) is 2.54. The molecule has 0 aliphatic rings. The summed E-state index contributed by atoms with van der Waals surface area (Å²) in [5, 5.41) is 28.4. The summed E-state index contributed by atoms with van der Waals surface area (Å²) < 4.78 is 57.1. The van der Waals surface area contributed by atoms with Gasteiger partial charge in [-0.15, -0.1) is 0 Å². The predicted molar refractivity (Wildman–Crippen MR) is 142 cm³/mol. The number of allylic oxidation sites excluding steroid dienone is 1. The van der Waals surface area contributed by atoms with E-state index in [0.29, 0.717) is 5.56 Å². The quantitative estimate of drug-likeness (QED) is 0.0916. The lowest BCUT2D eigenvalue weighted by Gasteiger charge is -2.24. The highest BCUT2D eigenvalue weighted by atomic mass is 35.5. The lowest BCUT2D eigenvalue weighted by atomic mass is 10.0. The van der Waals surface area contributed by atoms with Gasteiger partial charge in [-0.05, 0) is 48.2 Å². The number of halogens is 3. The topological polar surface area (TPSA) is 200 Å². The Morgan fingerprint density at radius 3 is 2.45 bits per heavy atom. The molecule has 13 nitrogen and oxygen atoms in total. The Morgan fingerprint density at radius 2 is 1.85 bits per heavy atom. The molecule has 3 rings (SSSR count). The van der Waals surface area contributed by atoms with Gasteiger partial charge in [0.05, 0.1) is 18.2 Å². The van der Waals surface area contributed by atoms with Crippen molar-refractivity contribution in [2.45, 2.75) is 44.8 Å². The van der Waals surface area contributed by atoms with Crippen LogP contribution in [0.2, 0.25) is 5.28 Å². The highest BCUT2D eigenvalue weighted by Crippen LogP contribution is 2.55. The van der Waals surface area contributed by atoms with Gasteiger partial charge in [-0.1, -0.05) is 25.1 Å². The maximum atomic E-state index is 15.4. The molecule has 6 N–H and O–H groups in total. The fraction of sp³-hybridized carbons (Fsp3) is 0.409. The van der Waals surface area contributed by atoms with Crippen LogP contribution in [-0.2, 0) is 13.7 Å². The fourth-order valence-electron chi connectivity index (χ4n) is 3.72. The van der Waals surface area contributed by atoms with Gasteiger partial charge >= 0.3 is 15.2 Å². The number of fused-ring (bicyclic) bond motifs is 1.